The van der Waals surface area contributed by atoms with Gasteiger partial charge < -0.3 is 15.6 Å². The average Bonchev–Trinajstić information content (AvgIpc) is 2.68. The van der Waals surface area contributed by atoms with E-state index in [4.69, 9.17) is 5.73 Å². The lowest BCUT2D eigenvalue weighted by molar-refractivity contribution is 0.629. The smallest absolute Gasteiger partial charge is 0.203 e. The van der Waals surface area contributed by atoms with Crippen molar-refractivity contribution < 1.29 is 4.39 Å². The topological polar surface area (TPSA) is 57.9 Å². The minimum absolute atomic E-state index is 0.257. The second kappa shape index (κ2) is 4.49. The van der Waals surface area contributed by atoms with Crippen LogP contribution in [-0.2, 0) is 0 Å². The number of nitrogens with one attached hydrogen (secondary N) is 1. The highest BCUT2D eigenvalue weighted by molar-refractivity contribution is 5.77. The molecule has 0 saturated carbocycles. The number of aromatic amines is 1. The van der Waals surface area contributed by atoms with E-state index in [9.17, 15) is 4.39 Å². The average molecular weight is 222 g/mol. The zero-order chi connectivity index (χ0) is 11.5. The standard InChI is InChI=1S/C11H15FN4/c1-16(6-2-5-13)11-14-9-4-3-8(12)7-10(9)15-11/h3-4,7H,2,5-6,13H2,1H3,(H,14,15). The summed E-state index contributed by atoms with van der Waals surface area (Å²) in [5.74, 6) is 0.487. The number of hydrogen-bond acceptors (Lipinski definition) is 3. The Kier molecular flexibility index (Phi) is 3.05. The Bertz CT molecular complexity index is 480. The van der Waals surface area contributed by atoms with Gasteiger partial charge in [-0.15, -0.1) is 0 Å². The summed E-state index contributed by atoms with van der Waals surface area (Å²) in [5, 5.41) is 0. The minimum atomic E-state index is -0.257. The molecular weight excluding hydrogens is 207 g/mol. The van der Waals surface area contributed by atoms with Gasteiger partial charge in [0, 0.05) is 13.6 Å². The number of halogens is 1. The number of benzene rings is 1. The van der Waals surface area contributed by atoms with Crippen molar-refractivity contribution >= 4 is 17.0 Å². The zero-order valence-corrected chi connectivity index (χ0v) is 9.20. The van der Waals surface area contributed by atoms with Gasteiger partial charge in [0.15, 0.2) is 0 Å². The fourth-order valence-corrected chi connectivity index (χ4v) is 1.58. The fraction of sp³-hybridized carbons (Fsp3) is 0.364. The monoisotopic (exact) mass is 222 g/mol. The van der Waals surface area contributed by atoms with Crippen LogP contribution in [0.25, 0.3) is 11.0 Å². The molecule has 0 spiro atoms. The van der Waals surface area contributed by atoms with E-state index < -0.39 is 0 Å². The molecule has 0 radical (unpaired) electrons. The highest BCUT2D eigenvalue weighted by Crippen LogP contribution is 2.17. The van der Waals surface area contributed by atoms with Gasteiger partial charge in [0.05, 0.1) is 11.0 Å². The van der Waals surface area contributed by atoms with Crippen molar-refractivity contribution in [3.63, 3.8) is 0 Å². The summed E-state index contributed by atoms with van der Waals surface area (Å²) in [7, 11) is 1.93. The van der Waals surface area contributed by atoms with Gasteiger partial charge in [-0.05, 0) is 31.2 Å². The molecule has 3 N–H and O–H groups in total. The number of imidazole rings is 1. The number of hydrogen-bond donors (Lipinski definition) is 2. The Balaban J connectivity index is 2.25. The molecule has 1 aromatic carbocycles. The van der Waals surface area contributed by atoms with Gasteiger partial charge in [-0.1, -0.05) is 0 Å². The second-order valence-corrected chi connectivity index (χ2v) is 3.79. The van der Waals surface area contributed by atoms with Crippen LogP contribution in [0.3, 0.4) is 0 Å². The molecule has 0 aliphatic carbocycles. The highest BCUT2D eigenvalue weighted by atomic mass is 19.1. The lowest BCUT2D eigenvalue weighted by atomic mass is 10.3. The van der Waals surface area contributed by atoms with E-state index in [0.717, 1.165) is 29.9 Å². The van der Waals surface area contributed by atoms with Gasteiger partial charge in [0.2, 0.25) is 5.95 Å². The van der Waals surface area contributed by atoms with Gasteiger partial charge >= 0.3 is 0 Å². The second-order valence-electron chi connectivity index (χ2n) is 3.79. The maximum Gasteiger partial charge on any atom is 0.203 e. The first-order valence-electron chi connectivity index (χ1n) is 5.27. The van der Waals surface area contributed by atoms with Crippen molar-refractivity contribution in [2.24, 2.45) is 5.73 Å². The maximum absolute atomic E-state index is 13.0. The predicted molar refractivity (Wildman–Crippen MR) is 63.0 cm³/mol. The van der Waals surface area contributed by atoms with Crippen LogP contribution in [0.2, 0.25) is 0 Å². The summed E-state index contributed by atoms with van der Waals surface area (Å²) in [6, 6.07) is 4.52. The third kappa shape index (κ3) is 2.14. The van der Waals surface area contributed by atoms with E-state index in [1.165, 1.54) is 12.1 Å². The molecule has 2 rings (SSSR count). The number of rotatable bonds is 4. The van der Waals surface area contributed by atoms with Crippen LogP contribution in [0.5, 0.6) is 0 Å². The van der Waals surface area contributed by atoms with Crippen LogP contribution in [0.1, 0.15) is 6.42 Å². The highest BCUT2D eigenvalue weighted by Gasteiger charge is 2.07. The molecule has 0 aliphatic rings. The summed E-state index contributed by atoms with van der Waals surface area (Å²) in [6.07, 6.45) is 0.905. The SMILES string of the molecule is CN(CCCN)c1nc2ccc(F)cc2[nH]1. The predicted octanol–water partition coefficient (Wildman–Crippen LogP) is 1.49. The minimum Gasteiger partial charge on any atom is -0.345 e. The van der Waals surface area contributed by atoms with Crippen LogP contribution >= 0.6 is 0 Å². The molecule has 0 amide bonds. The first kappa shape index (κ1) is 10.9. The van der Waals surface area contributed by atoms with Crippen LogP contribution < -0.4 is 10.6 Å². The molecule has 86 valence electrons. The van der Waals surface area contributed by atoms with Gasteiger partial charge in [0.25, 0.3) is 0 Å². The van der Waals surface area contributed by atoms with Crippen LogP contribution in [-0.4, -0.2) is 30.1 Å². The molecule has 0 atom stereocenters. The lowest BCUT2D eigenvalue weighted by Gasteiger charge is -2.14. The first-order chi connectivity index (χ1) is 7.70. The van der Waals surface area contributed by atoms with E-state index in [2.05, 4.69) is 9.97 Å². The number of nitrogens with zero attached hydrogens (tertiary/aromatic N) is 2. The molecule has 0 fully saturated rings. The van der Waals surface area contributed by atoms with Crippen molar-refractivity contribution in [1.82, 2.24) is 9.97 Å². The zero-order valence-electron chi connectivity index (χ0n) is 9.20. The molecule has 1 aromatic heterocycles. The number of aromatic nitrogens is 2. The normalized spacial score (nSPS) is 10.9. The number of fused-ring (bicyclic) bond motifs is 1. The van der Waals surface area contributed by atoms with Crippen molar-refractivity contribution in [3.8, 4) is 0 Å². The number of anilines is 1. The van der Waals surface area contributed by atoms with Gasteiger partial charge in [-0.3, -0.25) is 0 Å². The third-order valence-electron chi connectivity index (χ3n) is 2.49. The van der Waals surface area contributed by atoms with E-state index in [1.54, 1.807) is 6.07 Å². The van der Waals surface area contributed by atoms with Crippen LogP contribution in [0.15, 0.2) is 18.2 Å². The molecule has 2 aromatic rings. The Hall–Kier alpha value is -1.62. The number of nitrogens with two attached hydrogens (primary N) is 1. The van der Waals surface area contributed by atoms with Gasteiger partial charge in [0.1, 0.15) is 5.82 Å². The van der Waals surface area contributed by atoms with Crippen molar-refractivity contribution in [2.75, 3.05) is 25.0 Å². The molecule has 0 aliphatic heterocycles. The molecule has 16 heavy (non-hydrogen) atoms. The largest absolute Gasteiger partial charge is 0.345 e. The molecule has 0 saturated heterocycles. The Morgan fingerprint density at radius 2 is 2.31 bits per heavy atom. The first-order valence-corrected chi connectivity index (χ1v) is 5.27. The van der Waals surface area contributed by atoms with Gasteiger partial charge in [-0.2, -0.15) is 0 Å². The fourth-order valence-electron chi connectivity index (χ4n) is 1.58. The maximum atomic E-state index is 13.0. The molecule has 1 heterocycles. The van der Waals surface area contributed by atoms with E-state index in [1.807, 2.05) is 11.9 Å². The van der Waals surface area contributed by atoms with Crippen molar-refractivity contribution in [3.05, 3.63) is 24.0 Å². The molecule has 0 bridgehead atoms. The summed E-state index contributed by atoms with van der Waals surface area (Å²) < 4.78 is 13.0. The molecule has 0 unspecified atom stereocenters. The number of H-pyrrole nitrogens is 1. The quantitative estimate of drug-likeness (QED) is 0.824. The lowest BCUT2D eigenvalue weighted by Crippen LogP contribution is -2.21. The summed E-state index contributed by atoms with van der Waals surface area (Å²) in [6.45, 7) is 1.48. The van der Waals surface area contributed by atoms with E-state index in [-0.39, 0.29) is 5.82 Å². The Morgan fingerprint density at radius 3 is 3.06 bits per heavy atom. The Labute approximate surface area is 93.3 Å². The third-order valence-corrected chi connectivity index (χ3v) is 2.49. The molecule has 5 heteroatoms. The van der Waals surface area contributed by atoms with E-state index in [0.29, 0.717) is 6.54 Å². The van der Waals surface area contributed by atoms with Crippen molar-refractivity contribution in [2.45, 2.75) is 6.42 Å². The summed E-state index contributed by atoms with van der Waals surface area (Å²) in [4.78, 5) is 9.43. The Morgan fingerprint density at radius 1 is 1.50 bits per heavy atom. The summed E-state index contributed by atoms with van der Waals surface area (Å²) in [5.41, 5.74) is 6.93. The van der Waals surface area contributed by atoms with Crippen LogP contribution in [0, 0.1) is 5.82 Å². The molecular formula is C11H15FN4. The summed E-state index contributed by atoms with van der Waals surface area (Å²) >= 11 is 0. The van der Waals surface area contributed by atoms with Crippen LogP contribution in [0.4, 0.5) is 10.3 Å². The van der Waals surface area contributed by atoms with Gasteiger partial charge in [-0.25, -0.2) is 9.37 Å². The van der Waals surface area contributed by atoms with E-state index >= 15 is 0 Å². The van der Waals surface area contributed by atoms with Crippen molar-refractivity contribution in [1.29, 1.82) is 0 Å². The molecule has 4 nitrogen and oxygen atoms in total.